The van der Waals surface area contributed by atoms with Crippen LogP contribution in [0.1, 0.15) is 73.8 Å². The van der Waals surface area contributed by atoms with E-state index in [0.717, 1.165) is 0 Å². The molecule has 1 rings (SSSR count). The van der Waals surface area contributed by atoms with E-state index in [-0.39, 0.29) is 24.5 Å². The Morgan fingerprint density at radius 2 is 1.43 bits per heavy atom. The predicted octanol–water partition coefficient (Wildman–Crippen LogP) is 3.73. The summed E-state index contributed by atoms with van der Waals surface area (Å²) in [5.74, 6) is -1.91. The summed E-state index contributed by atoms with van der Waals surface area (Å²) in [4.78, 5) is 48.6. The van der Waals surface area contributed by atoms with E-state index < -0.39 is 46.9 Å². The fourth-order valence-electron chi connectivity index (χ4n) is 2.50. The van der Waals surface area contributed by atoms with E-state index in [1.54, 1.807) is 40.7 Å². The van der Waals surface area contributed by atoms with Gasteiger partial charge < -0.3 is 24.7 Å². The summed E-state index contributed by atoms with van der Waals surface area (Å²) in [6.45, 7) is 13.6. The van der Waals surface area contributed by atoms with Crippen molar-refractivity contribution >= 4 is 23.9 Å². The molecule has 1 aromatic carbocycles. The van der Waals surface area contributed by atoms with Crippen LogP contribution in [0, 0.1) is 10.8 Å². The highest BCUT2D eigenvalue weighted by molar-refractivity contribution is 5.81. The Hall–Kier alpha value is -2.94. The molecule has 9 nitrogen and oxygen atoms in total. The normalized spacial score (nSPS) is 13.4. The average Bonchev–Trinajstić information content (AvgIpc) is 2.78. The van der Waals surface area contributed by atoms with Crippen molar-refractivity contribution in [2.75, 3.05) is 6.61 Å². The second-order valence-electron chi connectivity index (χ2n) is 9.90. The van der Waals surface area contributed by atoms with Crippen LogP contribution in [0.5, 0.6) is 11.5 Å². The van der Waals surface area contributed by atoms with Gasteiger partial charge in [-0.15, -0.1) is 0 Å². The highest BCUT2D eigenvalue weighted by Crippen LogP contribution is 2.34. The predicted molar refractivity (Wildman–Crippen MR) is 130 cm³/mol. The minimum absolute atomic E-state index is 0.0677. The lowest BCUT2D eigenvalue weighted by atomic mass is 9.90. The third-order valence-electron chi connectivity index (χ3n) is 5.88. The van der Waals surface area contributed by atoms with Gasteiger partial charge in [-0.3, -0.25) is 19.2 Å². The number of nitrogens with two attached hydrogens (primary N) is 1. The molecule has 2 N–H and O–H groups in total. The molecule has 0 fully saturated rings. The van der Waals surface area contributed by atoms with Gasteiger partial charge in [-0.2, -0.15) is 0 Å². The Kier molecular flexibility index (Phi) is 10.9. The van der Waals surface area contributed by atoms with Crippen molar-refractivity contribution in [2.45, 2.75) is 86.8 Å². The largest absolute Gasteiger partial charge is 0.462 e. The smallest absolute Gasteiger partial charge is 0.323 e. The molecule has 0 bridgehead atoms. The van der Waals surface area contributed by atoms with Crippen LogP contribution in [0.4, 0.5) is 0 Å². The number of carbonyl (C=O) groups excluding carboxylic acids is 4. The van der Waals surface area contributed by atoms with E-state index >= 15 is 0 Å². The summed E-state index contributed by atoms with van der Waals surface area (Å²) in [6, 6.07) is 3.67. The molecule has 0 aliphatic carbocycles. The fourth-order valence-corrected chi connectivity index (χ4v) is 2.50. The molecule has 0 spiro atoms. The monoisotopic (exact) mass is 493 g/mol. The number of benzene rings is 1. The number of esters is 4. The van der Waals surface area contributed by atoms with Crippen molar-refractivity contribution in [3.8, 4) is 11.5 Å². The molecule has 0 saturated carbocycles. The Morgan fingerprint density at radius 3 is 1.91 bits per heavy atom. The van der Waals surface area contributed by atoms with Gasteiger partial charge >= 0.3 is 23.9 Å². The van der Waals surface area contributed by atoms with Gasteiger partial charge in [0, 0.05) is 6.92 Å². The van der Waals surface area contributed by atoms with Crippen molar-refractivity contribution in [3.05, 3.63) is 23.8 Å². The average molecular weight is 494 g/mol. The van der Waals surface area contributed by atoms with Crippen molar-refractivity contribution in [3.63, 3.8) is 0 Å². The van der Waals surface area contributed by atoms with Gasteiger partial charge in [-0.05, 0) is 71.6 Å². The molecule has 0 aliphatic heterocycles. The van der Waals surface area contributed by atoms with Gasteiger partial charge in [0.2, 0.25) is 0 Å². The maximum Gasteiger partial charge on any atom is 0.323 e. The Balaban J connectivity index is 3.11. The van der Waals surface area contributed by atoms with Crippen LogP contribution in [-0.2, 0) is 35.1 Å². The third kappa shape index (κ3) is 9.32. The summed E-state index contributed by atoms with van der Waals surface area (Å²) >= 11 is 0. The Morgan fingerprint density at radius 1 is 0.914 bits per heavy atom. The van der Waals surface area contributed by atoms with Crippen LogP contribution >= 0.6 is 0 Å². The number of carbonyl (C=O) groups is 4. The van der Waals surface area contributed by atoms with Crippen molar-refractivity contribution < 1.29 is 38.1 Å². The Labute approximate surface area is 207 Å². The molecule has 0 aliphatic rings. The maximum absolute atomic E-state index is 12.7. The SMILES string of the molecule is CCC(C)(C)C(=O)Oc1ccc(C[C@H](N)C(=O)O[C@H](C)COC(C)=O)cc1OC(=O)C(C)(C)CC. The van der Waals surface area contributed by atoms with E-state index in [0.29, 0.717) is 18.4 Å². The fraction of sp³-hybridized carbons (Fsp3) is 0.615. The molecule has 35 heavy (non-hydrogen) atoms. The standard InChI is InChI=1S/C26H39NO8/c1-9-25(5,6)23(30)34-20-12-11-18(14-21(20)35-24(31)26(7,8)10-2)13-19(27)22(29)33-16(3)15-32-17(4)28/h11-12,14,16,19H,9-10,13,15,27H2,1-8H3/t16-,19+/m1/s1. The van der Waals surface area contributed by atoms with Crippen LogP contribution in [-0.4, -0.2) is 42.6 Å². The van der Waals surface area contributed by atoms with Crippen molar-refractivity contribution in [1.29, 1.82) is 0 Å². The zero-order valence-corrected chi connectivity index (χ0v) is 22.1. The Bertz CT molecular complexity index is 922. The van der Waals surface area contributed by atoms with E-state index in [1.165, 1.54) is 19.1 Å². The number of ether oxygens (including phenoxy) is 4. The molecular formula is C26H39NO8. The minimum Gasteiger partial charge on any atom is -0.462 e. The molecule has 9 heteroatoms. The topological polar surface area (TPSA) is 131 Å². The van der Waals surface area contributed by atoms with Gasteiger partial charge in [0.05, 0.1) is 10.8 Å². The van der Waals surface area contributed by atoms with E-state index in [4.69, 9.17) is 24.7 Å². The van der Waals surface area contributed by atoms with Crippen molar-refractivity contribution in [1.82, 2.24) is 0 Å². The first-order valence-corrected chi connectivity index (χ1v) is 11.8. The summed E-state index contributed by atoms with van der Waals surface area (Å²) in [5.41, 5.74) is 5.12. The van der Waals surface area contributed by atoms with Crippen LogP contribution in [0.25, 0.3) is 0 Å². The highest BCUT2D eigenvalue weighted by Gasteiger charge is 2.31. The minimum atomic E-state index is -1.02. The number of hydrogen-bond acceptors (Lipinski definition) is 9. The molecule has 0 amide bonds. The van der Waals surface area contributed by atoms with Gasteiger partial charge in [-0.1, -0.05) is 19.9 Å². The summed E-state index contributed by atoms with van der Waals surface area (Å²) in [7, 11) is 0. The molecule has 0 heterocycles. The first kappa shape index (κ1) is 30.1. The highest BCUT2D eigenvalue weighted by atomic mass is 16.6. The molecule has 1 aromatic rings. The van der Waals surface area contributed by atoms with E-state index in [2.05, 4.69) is 0 Å². The molecule has 196 valence electrons. The lowest BCUT2D eigenvalue weighted by Gasteiger charge is -2.23. The lowest BCUT2D eigenvalue weighted by Crippen LogP contribution is -2.37. The molecule has 0 radical (unpaired) electrons. The third-order valence-corrected chi connectivity index (χ3v) is 5.88. The van der Waals surface area contributed by atoms with Crippen LogP contribution in [0.2, 0.25) is 0 Å². The summed E-state index contributed by atoms with van der Waals surface area (Å²) < 4.78 is 21.2. The maximum atomic E-state index is 12.7. The van der Waals surface area contributed by atoms with Gasteiger partial charge in [0.25, 0.3) is 0 Å². The van der Waals surface area contributed by atoms with Crippen LogP contribution < -0.4 is 15.2 Å². The van der Waals surface area contributed by atoms with Gasteiger partial charge in [-0.25, -0.2) is 0 Å². The number of hydrogen-bond donors (Lipinski definition) is 1. The molecular weight excluding hydrogens is 454 g/mol. The van der Waals surface area contributed by atoms with E-state index in [1.807, 2.05) is 13.8 Å². The first-order valence-electron chi connectivity index (χ1n) is 11.8. The lowest BCUT2D eigenvalue weighted by molar-refractivity contribution is -0.157. The summed E-state index contributed by atoms with van der Waals surface area (Å²) in [6.07, 6.45) is 0.532. The molecule has 0 aromatic heterocycles. The van der Waals surface area contributed by atoms with E-state index in [9.17, 15) is 19.2 Å². The molecule has 0 saturated heterocycles. The van der Waals surface area contributed by atoms with Crippen LogP contribution in [0.3, 0.4) is 0 Å². The zero-order chi connectivity index (χ0) is 27.0. The zero-order valence-electron chi connectivity index (χ0n) is 22.1. The number of rotatable bonds is 12. The van der Waals surface area contributed by atoms with Gasteiger partial charge in [0.15, 0.2) is 11.5 Å². The van der Waals surface area contributed by atoms with Crippen LogP contribution in [0.15, 0.2) is 18.2 Å². The summed E-state index contributed by atoms with van der Waals surface area (Å²) in [5, 5.41) is 0. The quantitative estimate of drug-likeness (QED) is 0.342. The first-order chi connectivity index (χ1) is 16.1. The van der Waals surface area contributed by atoms with Crippen molar-refractivity contribution in [2.24, 2.45) is 16.6 Å². The molecule has 2 atom stereocenters. The second-order valence-corrected chi connectivity index (χ2v) is 9.90. The van der Waals surface area contributed by atoms with Gasteiger partial charge in [0.1, 0.15) is 18.8 Å². The second kappa shape index (κ2) is 12.7. The molecule has 0 unspecified atom stereocenters.